The molecule has 6 heteroatoms. The summed E-state index contributed by atoms with van der Waals surface area (Å²) in [6.07, 6.45) is 1.84. The molecule has 1 aliphatic heterocycles. The Bertz CT molecular complexity index is 364. The maximum atomic E-state index is 11.0. The van der Waals surface area contributed by atoms with E-state index in [0.717, 1.165) is 24.5 Å². The number of nitrogens with zero attached hydrogens (tertiary/aromatic N) is 1. The van der Waals surface area contributed by atoms with Crippen LogP contribution in [0, 0.1) is 5.92 Å². The van der Waals surface area contributed by atoms with Crippen LogP contribution in [0.3, 0.4) is 0 Å². The second kappa shape index (κ2) is 8.75. The Morgan fingerprint density at radius 2 is 2.22 bits per heavy atom. The first-order chi connectivity index (χ1) is 7.77. The molecule has 1 aromatic heterocycles. The molecule has 2 atom stereocenters. The van der Waals surface area contributed by atoms with E-state index < -0.39 is 0 Å². The van der Waals surface area contributed by atoms with Crippen LogP contribution in [-0.4, -0.2) is 28.9 Å². The molecule has 1 fully saturated rings. The van der Waals surface area contributed by atoms with Gasteiger partial charge in [0, 0.05) is 37.0 Å². The van der Waals surface area contributed by atoms with E-state index >= 15 is 0 Å². The molecule has 1 saturated heterocycles. The molecular formula is C12H18Cl2N2OS. The molecule has 102 valence electrons. The van der Waals surface area contributed by atoms with Gasteiger partial charge in [-0.2, -0.15) is 0 Å². The molecule has 0 aliphatic carbocycles. The zero-order chi connectivity index (χ0) is 11.4. The Balaban J connectivity index is 0.00000144. The van der Waals surface area contributed by atoms with Gasteiger partial charge in [0.1, 0.15) is 0 Å². The molecule has 1 aliphatic rings. The monoisotopic (exact) mass is 308 g/mol. The fourth-order valence-corrected chi connectivity index (χ4v) is 2.87. The predicted octanol–water partition coefficient (Wildman–Crippen LogP) is 2.51. The van der Waals surface area contributed by atoms with Crippen LogP contribution in [0.4, 0.5) is 0 Å². The first-order valence-corrected chi connectivity index (χ1v) is 6.51. The van der Waals surface area contributed by atoms with Gasteiger partial charge in [-0.25, -0.2) is 0 Å². The number of rotatable bonds is 3. The molecule has 1 aromatic rings. The van der Waals surface area contributed by atoms with E-state index in [2.05, 4.69) is 16.4 Å². The average molecular weight is 309 g/mol. The van der Waals surface area contributed by atoms with Gasteiger partial charge < -0.3 is 5.32 Å². The Hall–Kier alpha value is -0.290. The molecule has 2 heterocycles. The molecule has 3 nitrogen and oxygen atoms in total. The molecule has 2 unspecified atom stereocenters. The van der Waals surface area contributed by atoms with Gasteiger partial charge in [0.05, 0.1) is 0 Å². The number of hydrogen-bond donors (Lipinski definition) is 1. The van der Waals surface area contributed by atoms with Crippen molar-refractivity contribution in [2.24, 2.45) is 5.92 Å². The quantitative estimate of drug-likeness (QED) is 0.931. The van der Waals surface area contributed by atoms with Crippen molar-refractivity contribution in [3.63, 3.8) is 0 Å². The lowest BCUT2D eigenvalue weighted by molar-refractivity contribution is -0.109. The number of nitrogens with one attached hydrogen (secondary N) is 1. The minimum absolute atomic E-state index is 0. The second-order valence-corrected chi connectivity index (χ2v) is 5.28. The fourth-order valence-electron chi connectivity index (χ4n) is 2.07. The third kappa shape index (κ3) is 4.76. The van der Waals surface area contributed by atoms with E-state index in [1.165, 1.54) is 11.8 Å². The van der Waals surface area contributed by atoms with Crippen LogP contribution in [0.5, 0.6) is 0 Å². The lowest BCUT2D eigenvalue weighted by Crippen LogP contribution is -2.15. The highest BCUT2D eigenvalue weighted by Gasteiger charge is 2.29. The second-order valence-electron chi connectivity index (χ2n) is 4.08. The van der Waals surface area contributed by atoms with Crippen molar-refractivity contribution >= 4 is 41.7 Å². The van der Waals surface area contributed by atoms with Gasteiger partial charge in [-0.05, 0) is 24.6 Å². The standard InChI is InChI=1S/C12H16N2OS.2ClH/c1-9(15)16-8-10-6-13-7-11(10)12-4-2-3-5-14-12;;/h2-5,10-11,13H,6-8H2,1H3;2*1H. The summed E-state index contributed by atoms with van der Waals surface area (Å²) in [6, 6.07) is 6.03. The van der Waals surface area contributed by atoms with Gasteiger partial charge >= 0.3 is 0 Å². The number of aromatic nitrogens is 1. The summed E-state index contributed by atoms with van der Waals surface area (Å²) < 4.78 is 0. The Morgan fingerprint density at radius 1 is 1.44 bits per heavy atom. The largest absolute Gasteiger partial charge is 0.316 e. The predicted molar refractivity (Wildman–Crippen MR) is 81.0 cm³/mol. The Kier molecular flexibility index (Phi) is 8.61. The van der Waals surface area contributed by atoms with Crippen LogP contribution in [-0.2, 0) is 4.79 Å². The number of carbonyl (C=O) groups is 1. The molecule has 0 amide bonds. The molecule has 1 N–H and O–H groups in total. The van der Waals surface area contributed by atoms with Crippen LogP contribution in [0.25, 0.3) is 0 Å². The first kappa shape index (κ1) is 17.7. The third-order valence-electron chi connectivity index (χ3n) is 2.91. The fraction of sp³-hybridized carbons (Fsp3) is 0.500. The normalized spacial score (nSPS) is 21.8. The number of pyridine rings is 1. The van der Waals surface area contributed by atoms with E-state index in [4.69, 9.17) is 0 Å². The van der Waals surface area contributed by atoms with Crippen LogP contribution < -0.4 is 5.32 Å². The summed E-state index contributed by atoms with van der Waals surface area (Å²) in [4.78, 5) is 15.4. The zero-order valence-electron chi connectivity index (χ0n) is 10.2. The topological polar surface area (TPSA) is 42.0 Å². The number of carbonyl (C=O) groups excluding carboxylic acids is 1. The Labute approximate surface area is 124 Å². The average Bonchev–Trinajstić information content (AvgIpc) is 2.75. The van der Waals surface area contributed by atoms with Crippen molar-refractivity contribution in [3.8, 4) is 0 Å². The summed E-state index contributed by atoms with van der Waals surface area (Å²) in [5.41, 5.74) is 1.14. The van der Waals surface area contributed by atoms with Crippen molar-refractivity contribution in [3.05, 3.63) is 30.1 Å². The molecule has 0 bridgehead atoms. The van der Waals surface area contributed by atoms with E-state index in [1.807, 2.05) is 18.3 Å². The van der Waals surface area contributed by atoms with Crippen LogP contribution >= 0.6 is 36.6 Å². The van der Waals surface area contributed by atoms with Crippen molar-refractivity contribution in [2.75, 3.05) is 18.8 Å². The first-order valence-electron chi connectivity index (χ1n) is 5.52. The van der Waals surface area contributed by atoms with Gasteiger partial charge in [0.25, 0.3) is 0 Å². The maximum absolute atomic E-state index is 11.0. The summed E-state index contributed by atoms with van der Waals surface area (Å²) in [6.45, 7) is 3.59. The summed E-state index contributed by atoms with van der Waals surface area (Å²) in [5, 5.41) is 3.58. The number of thioether (sulfide) groups is 1. The van der Waals surface area contributed by atoms with Crippen molar-refractivity contribution < 1.29 is 4.79 Å². The molecule has 0 aromatic carbocycles. The van der Waals surface area contributed by atoms with E-state index in [0.29, 0.717) is 11.8 Å². The van der Waals surface area contributed by atoms with Gasteiger partial charge in [-0.3, -0.25) is 9.78 Å². The van der Waals surface area contributed by atoms with Gasteiger partial charge in [0.15, 0.2) is 5.12 Å². The smallest absolute Gasteiger partial charge is 0.185 e. The van der Waals surface area contributed by atoms with Crippen molar-refractivity contribution in [1.29, 1.82) is 0 Å². The number of hydrogen-bond acceptors (Lipinski definition) is 4. The molecule has 0 saturated carbocycles. The molecule has 0 radical (unpaired) electrons. The molecule has 0 spiro atoms. The van der Waals surface area contributed by atoms with Gasteiger partial charge in [-0.1, -0.05) is 17.8 Å². The summed E-state index contributed by atoms with van der Waals surface area (Å²) in [5.74, 6) is 1.86. The minimum atomic E-state index is 0. The number of halogens is 2. The minimum Gasteiger partial charge on any atom is -0.316 e. The lowest BCUT2D eigenvalue weighted by atomic mass is 9.94. The van der Waals surface area contributed by atoms with Crippen LogP contribution in [0.15, 0.2) is 24.4 Å². The van der Waals surface area contributed by atoms with E-state index in [-0.39, 0.29) is 29.9 Å². The van der Waals surface area contributed by atoms with Crippen LogP contribution in [0.2, 0.25) is 0 Å². The van der Waals surface area contributed by atoms with Gasteiger partial charge in [0.2, 0.25) is 0 Å². The van der Waals surface area contributed by atoms with Crippen molar-refractivity contribution in [1.82, 2.24) is 10.3 Å². The van der Waals surface area contributed by atoms with Crippen LogP contribution in [0.1, 0.15) is 18.5 Å². The third-order valence-corrected chi connectivity index (χ3v) is 3.91. The SMILES string of the molecule is CC(=O)SCC1CNCC1c1ccccn1.Cl.Cl. The van der Waals surface area contributed by atoms with E-state index in [1.54, 1.807) is 6.92 Å². The summed E-state index contributed by atoms with van der Waals surface area (Å²) in [7, 11) is 0. The van der Waals surface area contributed by atoms with Crippen molar-refractivity contribution in [2.45, 2.75) is 12.8 Å². The zero-order valence-corrected chi connectivity index (χ0v) is 12.6. The lowest BCUT2D eigenvalue weighted by Gasteiger charge is -2.16. The highest BCUT2D eigenvalue weighted by molar-refractivity contribution is 8.13. The highest BCUT2D eigenvalue weighted by Crippen LogP contribution is 2.29. The van der Waals surface area contributed by atoms with Gasteiger partial charge in [-0.15, -0.1) is 24.8 Å². The molecule has 2 rings (SSSR count). The van der Waals surface area contributed by atoms with E-state index in [9.17, 15) is 4.79 Å². The maximum Gasteiger partial charge on any atom is 0.185 e. The molecule has 18 heavy (non-hydrogen) atoms. The Morgan fingerprint density at radius 3 is 2.83 bits per heavy atom. The highest BCUT2D eigenvalue weighted by atomic mass is 35.5. The summed E-state index contributed by atoms with van der Waals surface area (Å²) >= 11 is 1.42. The molecular weight excluding hydrogens is 291 g/mol.